The van der Waals surface area contributed by atoms with Crippen LogP contribution in [-0.4, -0.2) is 29.8 Å². The van der Waals surface area contributed by atoms with Crippen LogP contribution in [0, 0.1) is 11.7 Å². The monoisotopic (exact) mass is 282 g/mol. The number of nitrogens with two attached hydrogens (primary N) is 1. The normalized spacial score (nSPS) is 19.3. The number of primary amides is 1. The summed E-state index contributed by atoms with van der Waals surface area (Å²) in [5.41, 5.74) is 5.24. The van der Waals surface area contributed by atoms with Crippen molar-refractivity contribution in [2.75, 3.05) is 13.1 Å². The molecule has 6 heteroatoms. The number of thiol groups is 1. The Balaban J connectivity index is 2.19. The molecule has 1 aliphatic rings. The molecule has 1 heterocycles. The number of piperidine rings is 1. The zero-order chi connectivity index (χ0) is 14.0. The molecule has 0 bridgehead atoms. The van der Waals surface area contributed by atoms with Crippen LogP contribution in [0.3, 0.4) is 0 Å². The van der Waals surface area contributed by atoms with Crippen molar-refractivity contribution in [3.05, 3.63) is 29.6 Å². The number of amides is 2. The average molecular weight is 282 g/mol. The van der Waals surface area contributed by atoms with Gasteiger partial charge >= 0.3 is 0 Å². The molecular weight excluding hydrogens is 267 g/mol. The molecule has 1 aromatic rings. The van der Waals surface area contributed by atoms with E-state index in [2.05, 4.69) is 12.6 Å². The molecule has 0 saturated carbocycles. The smallest absolute Gasteiger partial charge is 0.256 e. The van der Waals surface area contributed by atoms with Gasteiger partial charge in [-0.2, -0.15) is 0 Å². The van der Waals surface area contributed by atoms with Crippen LogP contribution in [0.5, 0.6) is 0 Å². The van der Waals surface area contributed by atoms with E-state index in [1.165, 1.54) is 23.1 Å². The lowest BCUT2D eigenvalue weighted by Gasteiger charge is -2.31. The van der Waals surface area contributed by atoms with E-state index in [0.717, 1.165) is 0 Å². The SMILES string of the molecule is NC(=O)C1CCCN(C(=O)c2cc(S)ccc2F)C1. The van der Waals surface area contributed by atoms with Crippen LogP contribution in [0.1, 0.15) is 23.2 Å². The molecule has 102 valence electrons. The van der Waals surface area contributed by atoms with Crippen LogP contribution in [-0.2, 0) is 4.79 Å². The molecule has 1 fully saturated rings. The summed E-state index contributed by atoms with van der Waals surface area (Å²) in [6, 6.07) is 4.09. The first kappa shape index (κ1) is 13.9. The molecule has 0 spiro atoms. The van der Waals surface area contributed by atoms with Gasteiger partial charge in [0.1, 0.15) is 5.82 Å². The highest BCUT2D eigenvalue weighted by Gasteiger charge is 2.28. The van der Waals surface area contributed by atoms with E-state index in [9.17, 15) is 14.0 Å². The van der Waals surface area contributed by atoms with Crippen LogP contribution in [0.25, 0.3) is 0 Å². The van der Waals surface area contributed by atoms with E-state index >= 15 is 0 Å². The summed E-state index contributed by atoms with van der Waals surface area (Å²) < 4.78 is 13.7. The number of benzene rings is 1. The van der Waals surface area contributed by atoms with Gasteiger partial charge in [-0.1, -0.05) is 0 Å². The molecule has 2 amide bonds. The van der Waals surface area contributed by atoms with E-state index in [0.29, 0.717) is 24.3 Å². The van der Waals surface area contributed by atoms with Crippen LogP contribution >= 0.6 is 12.6 Å². The van der Waals surface area contributed by atoms with Gasteiger partial charge in [-0.3, -0.25) is 9.59 Å². The third kappa shape index (κ3) is 3.07. The number of carbonyl (C=O) groups is 2. The van der Waals surface area contributed by atoms with Crippen LogP contribution < -0.4 is 5.73 Å². The summed E-state index contributed by atoms with van der Waals surface area (Å²) in [4.78, 5) is 25.4. The number of nitrogens with zero attached hydrogens (tertiary/aromatic N) is 1. The summed E-state index contributed by atoms with van der Waals surface area (Å²) >= 11 is 4.10. The second-order valence-corrected chi connectivity index (χ2v) is 5.17. The molecular formula is C13H15FN2O2S. The highest BCUT2D eigenvalue weighted by Crippen LogP contribution is 2.21. The third-order valence-corrected chi connectivity index (χ3v) is 3.57. The first-order valence-corrected chi connectivity index (χ1v) is 6.51. The van der Waals surface area contributed by atoms with E-state index in [1.807, 2.05) is 0 Å². The molecule has 1 saturated heterocycles. The lowest BCUT2D eigenvalue weighted by molar-refractivity contribution is -0.123. The minimum absolute atomic E-state index is 0.0161. The van der Waals surface area contributed by atoms with Crippen molar-refractivity contribution in [3.63, 3.8) is 0 Å². The molecule has 0 aliphatic carbocycles. The number of halogens is 1. The Morgan fingerprint density at radius 3 is 2.84 bits per heavy atom. The fourth-order valence-electron chi connectivity index (χ4n) is 2.24. The molecule has 1 atom stereocenters. The van der Waals surface area contributed by atoms with Gasteiger partial charge in [0.25, 0.3) is 5.91 Å². The van der Waals surface area contributed by atoms with Gasteiger partial charge < -0.3 is 10.6 Å². The van der Waals surface area contributed by atoms with Gasteiger partial charge in [-0.25, -0.2) is 4.39 Å². The minimum atomic E-state index is -0.580. The quantitative estimate of drug-likeness (QED) is 0.806. The van der Waals surface area contributed by atoms with Crippen molar-refractivity contribution in [3.8, 4) is 0 Å². The van der Waals surface area contributed by atoms with Crippen LogP contribution in [0.2, 0.25) is 0 Å². The Hall–Kier alpha value is -1.56. The maximum atomic E-state index is 13.7. The van der Waals surface area contributed by atoms with Crippen molar-refractivity contribution in [2.45, 2.75) is 17.7 Å². The summed E-state index contributed by atoms with van der Waals surface area (Å²) in [5.74, 6) is -1.76. The molecule has 4 nitrogen and oxygen atoms in total. The number of hydrogen-bond acceptors (Lipinski definition) is 3. The van der Waals surface area contributed by atoms with E-state index in [1.54, 1.807) is 0 Å². The molecule has 2 N–H and O–H groups in total. The number of likely N-dealkylation sites (tertiary alicyclic amines) is 1. The lowest BCUT2D eigenvalue weighted by atomic mass is 9.97. The Morgan fingerprint density at radius 2 is 2.16 bits per heavy atom. The van der Waals surface area contributed by atoms with Crippen molar-refractivity contribution in [2.24, 2.45) is 11.7 Å². The first-order chi connectivity index (χ1) is 8.99. The van der Waals surface area contributed by atoms with E-state index in [4.69, 9.17) is 5.73 Å². The zero-order valence-corrected chi connectivity index (χ0v) is 11.2. The van der Waals surface area contributed by atoms with Gasteiger partial charge in [-0.15, -0.1) is 12.6 Å². The summed E-state index contributed by atoms with van der Waals surface area (Å²) in [7, 11) is 0. The highest BCUT2D eigenvalue weighted by molar-refractivity contribution is 7.80. The van der Waals surface area contributed by atoms with Gasteiger partial charge in [0.2, 0.25) is 5.91 Å². The van der Waals surface area contributed by atoms with Gasteiger partial charge in [0, 0.05) is 18.0 Å². The van der Waals surface area contributed by atoms with E-state index in [-0.39, 0.29) is 18.0 Å². The molecule has 1 aliphatic heterocycles. The summed E-state index contributed by atoms with van der Waals surface area (Å²) in [5, 5.41) is 0. The second kappa shape index (κ2) is 5.61. The fraction of sp³-hybridized carbons (Fsp3) is 0.385. The lowest BCUT2D eigenvalue weighted by Crippen LogP contribution is -2.44. The average Bonchev–Trinajstić information content (AvgIpc) is 2.41. The van der Waals surface area contributed by atoms with Gasteiger partial charge in [0.05, 0.1) is 11.5 Å². The van der Waals surface area contributed by atoms with Gasteiger partial charge in [0.15, 0.2) is 0 Å². The predicted octanol–water partition coefficient (Wildman–Crippen LogP) is 1.45. The molecule has 2 rings (SSSR count). The molecule has 1 aromatic carbocycles. The van der Waals surface area contributed by atoms with Crippen LogP contribution in [0.15, 0.2) is 23.1 Å². The van der Waals surface area contributed by atoms with Crippen LogP contribution in [0.4, 0.5) is 4.39 Å². The maximum absolute atomic E-state index is 13.7. The molecule has 19 heavy (non-hydrogen) atoms. The van der Waals surface area contributed by atoms with Gasteiger partial charge in [-0.05, 0) is 31.0 Å². The summed E-state index contributed by atoms with van der Waals surface area (Å²) in [6.45, 7) is 0.767. The van der Waals surface area contributed by atoms with Crippen molar-refractivity contribution < 1.29 is 14.0 Å². The fourth-order valence-corrected chi connectivity index (χ4v) is 2.44. The minimum Gasteiger partial charge on any atom is -0.369 e. The Labute approximate surface area is 116 Å². The topological polar surface area (TPSA) is 63.4 Å². The Kier molecular flexibility index (Phi) is 4.09. The van der Waals surface area contributed by atoms with Crippen molar-refractivity contribution >= 4 is 24.4 Å². The Bertz CT molecular complexity index is 521. The third-order valence-electron chi connectivity index (χ3n) is 3.29. The van der Waals surface area contributed by atoms with Crippen molar-refractivity contribution in [1.29, 1.82) is 0 Å². The standard InChI is InChI=1S/C13H15FN2O2S/c14-11-4-3-9(19)6-10(11)13(18)16-5-1-2-8(7-16)12(15)17/h3-4,6,8,19H,1-2,5,7H2,(H2,15,17). The first-order valence-electron chi connectivity index (χ1n) is 6.06. The number of carbonyl (C=O) groups excluding carboxylic acids is 2. The molecule has 1 unspecified atom stereocenters. The zero-order valence-electron chi connectivity index (χ0n) is 10.3. The number of hydrogen-bond donors (Lipinski definition) is 2. The van der Waals surface area contributed by atoms with Crippen molar-refractivity contribution in [1.82, 2.24) is 4.90 Å². The molecule has 0 radical (unpaired) electrons. The summed E-state index contributed by atoms with van der Waals surface area (Å²) in [6.07, 6.45) is 1.37. The predicted molar refractivity (Wildman–Crippen MR) is 71.5 cm³/mol. The van der Waals surface area contributed by atoms with E-state index < -0.39 is 17.6 Å². The highest BCUT2D eigenvalue weighted by atomic mass is 32.1. The number of rotatable bonds is 2. The maximum Gasteiger partial charge on any atom is 0.256 e. The molecule has 0 aromatic heterocycles. The largest absolute Gasteiger partial charge is 0.369 e. The second-order valence-electron chi connectivity index (χ2n) is 4.66. The Morgan fingerprint density at radius 1 is 1.42 bits per heavy atom.